The fourth-order valence-electron chi connectivity index (χ4n) is 2.37. The largest absolute Gasteiger partial charge is 0.387 e. The molecule has 0 aromatic rings. The topological polar surface area (TPSA) is 36.9 Å². The molecule has 29 heavy (non-hydrogen) atoms. The monoisotopic (exact) mass is 448 g/mol. The first kappa shape index (κ1) is 28.3. The molecular weight excluding hydrogens is 420 g/mol. The maximum absolute atomic E-state index is 14.8. The lowest BCUT2D eigenvalue weighted by atomic mass is 9.80. The van der Waals surface area contributed by atoms with Crippen LogP contribution in [0.2, 0.25) is 0 Å². The van der Waals surface area contributed by atoms with Crippen LogP contribution in [0.25, 0.3) is 0 Å². The average Bonchev–Trinajstić information content (AvgIpc) is 2.60. The number of hydrogen-bond donors (Lipinski definition) is 0. The van der Waals surface area contributed by atoms with Crippen molar-refractivity contribution in [1.82, 2.24) is 0 Å². The summed E-state index contributed by atoms with van der Waals surface area (Å²) in [5.74, 6) is 0. The molecule has 0 amide bonds. The van der Waals surface area contributed by atoms with Crippen molar-refractivity contribution in [2.45, 2.75) is 77.8 Å². The second-order valence-electron chi connectivity index (χ2n) is 6.21. The summed E-state index contributed by atoms with van der Waals surface area (Å²) in [5.41, 5.74) is -5.94. The second kappa shape index (κ2) is 11.1. The van der Waals surface area contributed by atoms with Crippen LogP contribution in [0.3, 0.4) is 0 Å². The van der Waals surface area contributed by atoms with E-state index in [9.17, 15) is 35.1 Å². The van der Waals surface area contributed by atoms with Gasteiger partial charge in [0, 0.05) is 0 Å². The van der Waals surface area contributed by atoms with Gasteiger partial charge >= 0.3 is 29.8 Å². The van der Waals surface area contributed by atoms with E-state index in [1.165, 1.54) is 27.7 Å². The Hall–Kier alpha value is -0.720. The van der Waals surface area contributed by atoms with Gasteiger partial charge in [0.25, 0.3) is 0 Å². The molecule has 0 aromatic carbocycles. The number of rotatable bonds is 16. The van der Waals surface area contributed by atoms with Crippen molar-refractivity contribution in [2.24, 2.45) is 5.41 Å². The summed E-state index contributed by atoms with van der Waals surface area (Å²) in [7, 11) is 0. The summed E-state index contributed by atoms with van der Waals surface area (Å²) >= 11 is 0. The Bertz CT molecular complexity index is 389. The zero-order valence-electron chi connectivity index (χ0n) is 16.8. The summed E-state index contributed by atoms with van der Waals surface area (Å²) < 4.78 is 134. The Kier molecular flexibility index (Phi) is 10.8. The molecule has 0 rings (SSSR count). The Morgan fingerprint density at radius 1 is 0.414 bits per heavy atom. The molecule has 0 fully saturated rings. The predicted octanol–water partition coefficient (Wildman–Crippen LogP) is 6.05. The van der Waals surface area contributed by atoms with Gasteiger partial charge in [0.1, 0.15) is 0 Å². The first-order valence-electron chi connectivity index (χ1n) is 9.31. The maximum atomic E-state index is 14.8. The zero-order valence-corrected chi connectivity index (χ0v) is 16.8. The molecule has 0 saturated carbocycles. The lowest BCUT2D eigenvalue weighted by Crippen LogP contribution is -2.74. The van der Waals surface area contributed by atoms with E-state index < -0.39 is 56.3 Å². The van der Waals surface area contributed by atoms with Gasteiger partial charge in [-0.3, -0.25) is 0 Å². The highest BCUT2D eigenvalue weighted by atomic mass is 19.3. The van der Waals surface area contributed by atoms with Gasteiger partial charge in [0.2, 0.25) is 0 Å². The molecule has 0 radical (unpaired) electrons. The minimum Gasteiger partial charge on any atom is -0.319 e. The van der Waals surface area contributed by atoms with E-state index in [2.05, 4.69) is 18.9 Å². The first-order chi connectivity index (χ1) is 13.2. The summed E-state index contributed by atoms with van der Waals surface area (Å²) in [5, 5.41) is 0. The highest BCUT2D eigenvalue weighted by Crippen LogP contribution is 2.66. The van der Waals surface area contributed by atoms with Crippen molar-refractivity contribution in [3.05, 3.63) is 0 Å². The summed E-state index contributed by atoms with van der Waals surface area (Å²) in [6, 6.07) is 0. The minimum atomic E-state index is -5.94. The maximum Gasteiger partial charge on any atom is 0.387 e. The van der Waals surface area contributed by atoms with Gasteiger partial charge < -0.3 is 18.9 Å². The van der Waals surface area contributed by atoms with Gasteiger partial charge in [-0.25, -0.2) is 0 Å². The van der Waals surface area contributed by atoms with Crippen LogP contribution >= 0.6 is 0 Å². The van der Waals surface area contributed by atoms with Crippen LogP contribution in [0.5, 0.6) is 0 Å². The van der Waals surface area contributed by atoms with Crippen molar-refractivity contribution < 1.29 is 54.1 Å². The smallest absolute Gasteiger partial charge is 0.319 e. The normalized spacial score (nSPS) is 14.5. The molecule has 0 bridgehead atoms. The van der Waals surface area contributed by atoms with Crippen molar-refractivity contribution in [3.63, 3.8) is 0 Å². The van der Waals surface area contributed by atoms with E-state index >= 15 is 0 Å². The van der Waals surface area contributed by atoms with E-state index in [1.807, 2.05) is 0 Å². The Morgan fingerprint density at radius 2 is 0.586 bits per heavy atom. The van der Waals surface area contributed by atoms with Gasteiger partial charge in [0.15, 0.2) is 0 Å². The van der Waals surface area contributed by atoms with E-state index in [-0.39, 0.29) is 25.7 Å². The van der Waals surface area contributed by atoms with Gasteiger partial charge in [-0.2, -0.15) is 35.1 Å². The highest BCUT2D eigenvalue weighted by molar-refractivity contribution is 5.06. The van der Waals surface area contributed by atoms with Crippen LogP contribution in [0, 0.1) is 5.41 Å². The van der Waals surface area contributed by atoms with E-state index in [0.717, 1.165) is 0 Å². The van der Waals surface area contributed by atoms with E-state index in [1.54, 1.807) is 0 Å². The molecule has 12 heteroatoms. The molecule has 4 nitrogen and oxygen atoms in total. The van der Waals surface area contributed by atoms with Gasteiger partial charge in [0.05, 0.1) is 26.4 Å². The fourth-order valence-corrected chi connectivity index (χ4v) is 2.37. The third-order valence-electron chi connectivity index (χ3n) is 3.70. The molecular formula is C17H28F8O4. The van der Waals surface area contributed by atoms with E-state index in [0.29, 0.717) is 0 Å². The van der Waals surface area contributed by atoms with Crippen molar-refractivity contribution in [3.8, 4) is 0 Å². The summed E-state index contributed by atoms with van der Waals surface area (Å²) in [4.78, 5) is 0. The molecule has 0 aromatic heterocycles. The SMILES string of the molecule is CCCOC(F)(F)C(C(F)(F)OCCC)(C(F)(F)OCCC)C(F)(F)OCCC. The van der Waals surface area contributed by atoms with Crippen molar-refractivity contribution >= 4 is 0 Å². The Morgan fingerprint density at radius 3 is 0.724 bits per heavy atom. The third-order valence-corrected chi connectivity index (χ3v) is 3.70. The Balaban J connectivity index is 6.94. The van der Waals surface area contributed by atoms with Crippen LogP contribution in [-0.4, -0.2) is 50.9 Å². The van der Waals surface area contributed by atoms with Crippen LogP contribution in [0.4, 0.5) is 35.1 Å². The number of ether oxygens (including phenoxy) is 4. The van der Waals surface area contributed by atoms with Crippen LogP contribution in [-0.2, 0) is 18.9 Å². The molecule has 0 saturated heterocycles. The van der Waals surface area contributed by atoms with Crippen LogP contribution < -0.4 is 0 Å². The van der Waals surface area contributed by atoms with Crippen molar-refractivity contribution in [2.75, 3.05) is 26.4 Å². The minimum absolute atomic E-state index is 0.254. The fraction of sp³-hybridized carbons (Fsp3) is 1.00. The second-order valence-corrected chi connectivity index (χ2v) is 6.21. The number of hydrogen-bond acceptors (Lipinski definition) is 4. The van der Waals surface area contributed by atoms with Gasteiger partial charge in [-0.1, -0.05) is 27.7 Å². The third kappa shape index (κ3) is 5.71. The summed E-state index contributed by atoms with van der Waals surface area (Å²) in [6.45, 7) is 0.751. The predicted molar refractivity (Wildman–Crippen MR) is 87.2 cm³/mol. The molecule has 0 aliphatic rings. The lowest BCUT2D eigenvalue weighted by Gasteiger charge is -2.49. The molecule has 0 unspecified atom stereocenters. The molecule has 0 N–H and O–H groups in total. The van der Waals surface area contributed by atoms with Gasteiger partial charge in [-0.05, 0) is 25.7 Å². The van der Waals surface area contributed by atoms with Gasteiger partial charge in [-0.15, -0.1) is 0 Å². The van der Waals surface area contributed by atoms with Crippen LogP contribution in [0.1, 0.15) is 53.4 Å². The summed E-state index contributed by atoms with van der Waals surface area (Å²) in [6.07, 6.45) is -24.3. The standard InChI is InChI=1S/C17H28F8O4/c1-5-9-26-14(18,19)13(15(20,21)27-10-6-2,16(22,23)28-11-7-3)17(24,25)29-12-8-4/h5-12H2,1-4H3. The van der Waals surface area contributed by atoms with E-state index in [4.69, 9.17) is 0 Å². The number of halogens is 8. The first-order valence-corrected chi connectivity index (χ1v) is 9.31. The molecule has 176 valence electrons. The molecule has 0 aliphatic carbocycles. The molecule has 0 spiro atoms. The number of alkyl halides is 8. The Labute approximate surface area is 164 Å². The molecule has 0 atom stereocenters. The van der Waals surface area contributed by atoms with Crippen molar-refractivity contribution in [1.29, 1.82) is 0 Å². The van der Waals surface area contributed by atoms with Crippen LogP contribution in [0.15, 0.2) is 0 Å². The molecule has 0 heterocycles. The average molecular weight is 448 g/mol. The highest BCUT2D eigenvalue weighted by Gasteiger charge is 2.94. The molecule has 0 aliphatic heterocycles. The lowest BCUT2D eigenvalue weighted by molar-refractivity contribution is -0.560. The quantitative estimate of drug-likeness (QED) is 0.270. The zero-order chi connectivity index (χ0) is 23.0.